The van der Waals surface area contributed by atoms with Crippen molar-refractivity contribution in [1.82, 2.24) is 4.98 Å². The Kier molecular flexibility index (Phi) is 3.81. The van der Waals surface area contributed by atoms with E-state index in [9.17, 15) is 19.4 Å². The van der Waals surface area contributed by atoms with Gasteiger partial charge in [0.05, 0.1) is 15.6 Å². The van der Waals surface area contributed by atoms with Gasteiger partial charge in [0, 0.05) is 18.1 Å². The highest BCUT2D eigenvalue weighted by Crippen LogP contribution is 2.43. The van der Waals surface area contributed by atoms with Crippen molar-refractivity contribution in [1.29, 1.82) is 0 Å². The van der Waals surface area contributed by atoms with Crippen LogP contribution in [0.3, 0.4) is 0 Å². The number of carbonyl (C=O) groups excluding carboxylic acids is 1. The Bertz CT molecular complexity index is 806. The van der Waals surface area contributed by atoms with Crippen molar-refractivity contribution in [2.45, 2.75) is 32.9 Å². The van der Waals surface area contributed by atoms with Crippen molar-refractivity contribution in [3.63, 3.8) is 0 Å². The van der Waals surface area contributed by atoms with Crippen molar-refractivity contribution < 1.29 is 19.4 Å². The molecule has 0 radical (unpaired) electrons. The maximum Gasteiger partial charge on any atom is 0.209 e. The summed E-state index contributed by atoms with van der Waals surface area (Å²) in [4.78, 5) is 15.4. The molecule has 1 aliphatic rings. The smallest absolute Gasteiger partial charge is 0.209 e. The molecule has 3 rings (SSSR count). The van der Waals surface area contributed by atoms with Gasteiger partial charge in [0.15, 0.2) is 6.23 Å². The number of carbonyl (C=O) groups is 1. The van der Waals surface area contributed by atoms with Crippen molar-refractivity contribution in [2.24, 2.45) is 10.5 Å². The third kappa shape index (κ3) is 2.47. The largest absolute Gasteiger partial charge is 0.550 e. The van der Waals surface area contributed by atoms with Crippen LogP contribution in [0.1, 0.15) is 26.7 Å². The Morgan fingerprint density at radius 3 is 2.96 bits per heavy atom. The maximum absolute atomic E-state index is 13.3. The average molecular weight is 336 g/mol. The van der Waals surface area contributed by atoms with Gasteiger partial charge in [0.25, 0.3) is 0 Å². The van der Waals surface area contributed by atoms with Crippen LogP contribution < -0.4 is 10.1 Å². The van der Waals surface area contributed by atoms with E-state index in [1.165, 1.54) is 28.5 Å². The highest BCUT2D eigenvalue weighted by Gasteiger charge is 2.48. The van der Waals surface area contributed by atoms with Crippen LogP contribution in [0, 0.1) is 11.2 Å². The number of aliphatic hydroxyl groups excluding tert-OH is 1. The van der Waals surface area contributed by atoms with Crippen LogP contribution in [-0.2, 0) is 4.79 Å². The van der Waals surface area contributed by atoms with Crippen LogP contribution in [0.4, 0.5) is 9.52 Å². The monoisotopic (exact) mass is 336 g/mol. The van der Waals surface area contributed by atoms with Gasteiger partial charge in [-0.15, -0.1) is 0 Å². The lowest BCUT2D eigenvalue weighted by molar-refractivity contribution is -0.308. The molecule has 0 fully saturated rings. The normalized spacial score (nSPS) is 24.3. The number of carboxylic acid groups (broad SMARTS) is 1. The number of aliphatic carboxylic acids is 1. The van der Waals surface area contributed by atoms with E-state index in [0.717, 1.165) is 0 Å². The van der Waals surface area contributed by atoms with E-state index in [1.807, 2.05) is 0 Å². The summed E-state index contributed by atoms with van der Waals surface area (Å²) in [5.74, 6) is -1.61. The first-order valence-electron chi connectivity index (χ1n) is 7.16. The zero-order valence-corrected chi connectivity index (χ0v) is 13.4. The zero-order valence-electron chi connectivity index (χ0n) is 12.6. The minimum atomic E-state index is -1.24. The molecule has 0 bridgehead atoms. The first-order chi connectivity index (χ1) is 10.9. The number of hydrogen-bond donors (Lipinski definition) is 1. The number of halogens is 1. The second kappa shape index (κ2) is 5.54. The summed E-state index contributed by atoms with van der Waals surface area (Å²) in [6.07, 6.45) is -1.08. The van der Waals surface area contributed by atoms with Crippen molar-refractivity contribution in [2.75, 3.05) is 5.01 Å². The van der Waals surface area contributed by atoms with E-state index < -0.39 is 17.6 Å². The van der Waals surface area contributed by atoms with E-state index in [1.54, 1.807) is 19.9 Å². The fourth-order valence-corrected chi connectivity index (χ4v) is 3.87. The molecule has 2 atom stereocenters. The number of rotatable bonds is 4. The van der Waals surface area contributed by atoms with E-state index in [4.69, 9.17) is 0 Å². The van der Waals surface area contributed by atoms with Crippen molar-refractivity contribution in [3.8, 4) is 0 Å². The number of thiazole rings is 1. The van der Waals surface area contributed by atoms with Crippen LogP contribution in [0.15, 0.2) is 23.3 Å². The minimum Gasteiger partial charge on any atom is -0.550 e. The number of benzene rings is 1. The van der Waals surface area contributed by atoms with Gasteiger partial charge in [-0.05, 0) is 31.5 Å². The number of anilines is 1. The second-order valence-electron chi connectivity index (χ2n) is 5.57. The second-order valence-corrected chi connectivity index (χ2v) is 6.58. The van der Waals surface area contributed by atoms with Crippen LogP contribution in [-0.4, -0.2) is 28.0 Å². The molecular formula is C15H15FN3O3S-. The number of nitrogens with zero attached hydrogens (tertiary/aromatic N) is 3. The molecule has 6 nitrogen and oxygen atoms in total. The van der Waals surface area contributed by atoms with Gasteiger partial charge < -0.3 is 15.0 Å². The van der Waals surface area contributed by atoms with Crippen LogP contribution in [0.2, 0.25) is 0 Å². The Balaban J connectivity index is 2.01. The van der Waals surface area contributed by atoms with Gasteiger partial charge in [-0.25, -0.2) is 14.4 Å². The van der Waals surface area contributed by atoms with Crippen molar-refractivity contribution in [3.05, 3.63) is 24.0 Å². The fraction of sp³-hybridized carbons (Fsp3) is 0.400. The molecule has 1 aromatic heterocycles. The molecule has 1 aromatic carbocycles. The summed E-state index contributed by atoms with van der Waals surface area (Å²) in [7, 11) is 0. The third-order valence-electron chi connectivity index (χ3n) is 4.33. The standard InChI is InChI=1S/C15H16FN3O3S/c1-3-15(7-12(20)21)8(2)18-19(13(15)22)14-17-10-5-4-9(16)6-11(10)23-14/h4-6,13,22H,3,7H2,1-2H3,(H,20,21)/p-1. The van der Waals surface area contributed by atoms with E-state index in [0.29, 0.717) is 27.5 Å². The summed E-state index contributed by atoms with van der Waals surface area (Å²) in [6, 6.07) is 4.23. The Labute approximate surface area is 135 Å². The minimum absolute atomic E-state index is 0.323. The fourth-order valence-electron chi connectivity index (χ4n) is 2.91. The SMILES string of the molecule is CCC1(CC(=O)[O-])C(C)=NN(c2nc3ccc(F)cc3s2)C1O. The molecule has 0 saturated heterocycles. The zero-order chi connectivity index (χ0) is 16.8. The predicted octanol–water partition coefficient (Wildman–Crippen LogP) is 1.49. The third-order valence-corrected chi connectivity index (χ3v) is 5.34. The van der Waals surface area contributed by atoms with Gasteiger partial charge in [-0.1, -0.05) is 18.3 Å². The summed E-state index contributed by atoms with van der Waals surface area (Å²) < 4.78 is 13.9. The maximum atomic E-state index is 13.3. The van der Waals surface area contributed by atoms with Gasteiger partial charge in [0.2, 0.25) is 5.13 Å². The molecule has 122 valence electrons. The molecule has 2 aromatic rings. The van der Waals surface area contributed by atoms with Crippen LogP contribution in [0.5, 0.6) is 0 Å². The molecule has 0 saturated carbocycles. The van der Waals surface area contributed by atoms with Crippen molar-refractivity contribution >= 4 is 38.4 Å². The lowest BCUT2D eigenvalue weighted by Crippen LogP contribution is -2.46. The highest BCUT2D eigenvalue weighted by atomic mass is 32.1. The number of hydrazone groups is 1. The number of carboxylic acids is 1. The molecule has 1 N–H and O–H groups in total. The molecule has 2 unspecified atom stereocenters. The molecule has 0 aliphatic carbocycles. The lowest BCUT2D eigenvalue weighted by atomic mass is 9.77. The Hall–Kier alpha value is -2.06. The number of aromatic nitrogens is 1. The molecule has 2 heterocycles. The molecule has 0 amide bonds. The van der Waals surface area contributed by atoms with Gasteiger partial charge in [-0.3, -0.25) is 0 Å². The predicted molar refractivity (Wildman–Crippen MR) is 83.5 cm³/mol. The molecule has 8 heteroatoms. The summed E-state index contributed by atoms with van der Waals surface area (Å²) in [6.45, 7) is 3.48. The number of fused-ring (bicyclic) bond motifs is 1. The molecule has 1 aliphatic heterocycles. The van der Waals surface area contributed by atoms with E-state index >= 15 is 0 Å². The number of hydrogen-bond acceptors (Lipinski definition) is 7. The molecule has 23 heavy (non-hydrogen) atoms. The summed E-state index contributed by atoms with van der Waals surface area (Å²) >= 11 is 1.19. The quantitative estimate of drug-likeness (QED) is 0.914. The van der Waals surface area contributed by atoms with Crippen LogP contribution >= 0.6 is 11.3 Å². The summed E-state index contributed by atoms with van der Waals surface area (Å²) in [5, 5.41) is 27.7. The lowest BCUT2D eigenvalue weighted by Gasteiger charge is -2.33. The van der Waals surface area contributed by atoms with E-state index in [-0.39, 0.29) is 12.2 Å². The van der Waals surface area contributed by atoms with Gasteiger partial charge in [0.1, 0.15) is 5.82 Å². The average Bonchev–Trinajstić information content (AvgIpc) is 3.00. The van der Waals surface area contributed by atoms with E-state index in [2.05, 4.69) is 10.1 Å². The number of aliphatic hydroxyl groups is 1. The first kappa shape index (κ1) is 15.8. The van der Waals surface area contributed by atoms with Crippen LogP contribution in [0.25, 0.3) is 10.2 Å². The first-order valence-corrected chi connectivity index (χ1v) is 7.98. The van der Waals surface area contributed by atoms with Gasteiger partial charge in [-0.2, -0.15) is 5.10 Å². The summed E-state index contributed by atoms with van der Waals surface area (Å²) in [5.41, 5.74) is 0.101. The molecule has 0 spiro atoms. The Morgan fingerprint density at radius 1 is 1.57 bits per heavy atom. The topological polar surface area (TPSA) is 88.9 Å². The highest BCUT2D eigenvalue weighted by molar-refractivity contribution is 7.22. The Morgan fingerprint density at radius 2 is 2.30 bits per heavy atom. The molecular weight excluding hydrogens is 321 g/mol. The van der Waals surface area contributed by atoms with Gasteiger partial charge >= 0.3 is 0 Å².